The Balaban J connectivity index is 1.48. The van der Waals surface area contributed by atoms with Crippen molar-refractivity contribution in [2.24, 2.45) is 0 Å². The number of hydrogen-bond acceptors (Lipinski definition) is 8. The molecule has 0 aromatic carbocycles. The topological polar surface area (TPSA) is 115 Å². The highest BCUT2D eigenvalue weighted by Crippen LogP contribution is 2.42. The maximum absolute atomic E-state index is 15.3. The van der Waals surface area contributed by atoms with Crippen LogP contribution in [0.3, 0.4) is 0 Å². The lowest BCUT2D eigenvalue weighted by molar-refractivity contribution is 0.143. The SMILES string of the molecule is N#Cc1c(N2CCC(c3ncc(Cl)cn3)C(F)C2)nc(NC2(CO)CCC2)c2c1CCS2=O. The van der Waals surface area contributed by atoms with Gasteiger partial charge in [0.25, 0.3) is 0 Å². The van der Waals surface area contributed by atoms with Crippen LogP contribution in [0.5, 0.6) is 0 Å². The minimum absolute atomic E-state index is 0.0464. The summed E-state index contributed by atoms with van der Waals surface area (Å²) in [5, 5.41) is 23.6. The van der Waals surface area contributed by atoms with E-state index in [1.807, 2.05) is 0 Å². The third-order valence-corrected chi connectivity index (χ3v) is 8.58. The molecular formula is C22H24ClFN6O2S. The summed E-state index contributed by atoms with van der Waals surface area (Å²) in [6, 6.07) is 2.23. The average Bonchev–Trinajstić information content (AvgIpc) is 3.18. The molecule has 11 heteroatoms. The predicted molar refractivity (Wildman–Crippen MR) is 123 cm³/mol. The largest absolute Gasteiger partial charge is 0.394 e. The van der Waals surface area contributed by atoms with E-state index in [0.29, 0.717) is 63.6 Å². The van der Waals surface area contributed by atoms with Gasteiger partial charge in [0.05, 0.1) is 50.9 Å². The first-order valence-corrected chi connectivity index (χ1v) is 12.8. The van der Waals surface area contributed by atoms with Crippen LogP contribution in [-0.4, -0.2) is 61.4 Å². The number of aromatic nitrogens is 3. The van der Waals surface area contributed by atoms with Gasteiger partial charge in [0.15, 0.2) is 0 Å². The zero-order valence-corrected chi connectivity index (χ0v) is 19.5. The number of halogens is 2. The summed E-state index contributed by atoms with van der Waals surface area (Å²) in [4.78, 5) is 15.4. The number of fused-ring (bicyclic) bond motifs is 1. The fourth-order valence-corrected chi connectivity index (χ4v) is 6.38. The molecule has 1 saturated heterocycles. The highest BCUT2D eigenvalue weighted by atomic mass is 35.5. The fourth-order valence-electron chi connectivity index (χ4n) is 4.89. The highest BCUT2D eigenvalue weighted by Gasteiger charge is 2.40. The molecule has 2 aromatic rings. The summed E-state index contributed by atoms with van der Waals surface area (Å²) in [5.41, 5.74) is 0.594. The van der Waals surface area contributed by atoms with Crippen molar-refractivity contribution in [1.29, 1.82) is 5.26 Å². The van der Waals surface area contributed by atoms with Gasteiger partial charge in [-0.15, -0.1) is 0 Å². The van der Waals surface area contributed by atoms with E-state index >= 15 is 4.39 Å². The number of rotatable bonds is 5. The third-order valence-electron chi connectivity index (χ3n) is 6.92. The van der Waals surface area contributed by atoms with Crippen molar-refractivity contribution < 1.29 is 13.7 Å². The Labute approximate surface area is 198 Å². The lowest BCUT2D eigenvalue weighted by atomic mass is 9.77. The number of alkyl halides is 1. The second-order valence-electron chi connectivity index (χ2n) is 8.91. The van der Waals surface area contributed by atoms with Gasteiger partial charge in [0.2, 0.25) is 0 Å². The lowest BCUT2D eigenvalue weighted by Crippen LogP contribution is -2.49. The number of nitrogens with one attached hydrogen (secondary N) is 1. The van der Waals surface area contributed by atoms with Gasteiger partial charge < -0.3 is 15.3 Å². The Bertz CT molecular complexity index is 1130. The quantitative estimate of drug-likeness (QED) is 0.657. The van der Waals surface area contributed by atoms with Crippen molar-refractivity contribution in [3.8, 4) is 6.07 Å². The highest BCUT2D eigenvalue weighted by molar-refractivity contribution is 7.85. The molecule has 3 unspecified atom stereocenters. The minimum atomic E-state index is -1.27. The number of aliphatic hydroxyl groups excluding tert-OH is 1. The van der Waals surface area contributed by atoms with Crippen molar-refractivity contribution in [1.82, 2.24) is 15.0 Å². The lowest BCUT2D eigenvalue weighted by Gasteiger charge is -2.42. The van der Waals surface area contributed by atoms with Crippen LogP contribution >= 0.6 is 11.6 Å². The van der Waals surface area contributed by atoms with Crippen LogP contribution in [0.25, 0.3) is 0 Å². The molecule has 0 bridgehead atoms. The van der Waals surface area contributed by atoms with Crippen LogP contribution < -0.4 is 10.2 Å². The summed E-state index contributed by atoms with van der Waals surface area (Å²) in [6.07, 6.45) is 5.23. The summed E-state index contributed by atoms with van der Waals surface area (Å²) >= 11 is 5.86. The molecule has 4 heterocycles. The van der Waals surface area contributed by atoms with Gasteiger partial charge in [-0.2, -0.15) is 5.26 Å². The molecular weight excluding hydrogens is 467 g/mol. The zero-order chi connectivity index (χ0) is 23.2. The maximum atomic E-state index is 15.3. The maximum Gasteiger partial charge on any atom is 0.149 e. The number of hydrogen-bond donors (Lipinski definition) is 2. The monoisotopic (exact) mass is 490 g/mol. The Hall–Kier alpha value is -2.35. The van der Waals surface area contributed by atoms with E-state index in [4.69, 9.17) is 16.6 Å². The molecule has 2 aromatic heterocycles. The number of nitriles is 1. The first-order valence-electron chi connectivity index (χ1n) is 11.1. The molecule has 174 valence electrons. The fraction of sp³-hybridized carbons (Fsp3) is 0.545. The minimum Gasteiger partial charge on any atom is -0.394 e. The van der Waals surface area contributed by atoms with Gasteiger partial charge in [0.1, 0.15) is 29.7 Å². The number of aliphatic hydroxyl groups is 1. The van der Waals surface area contributed by atoms with Crippen LogP contribution in [0.4, 0.5) is 16.0 Å². The van der Waals surface area contributed by atoms with Gasteiger partial charge in [-0.05, 0) is 37.7 Å². The average molecular weight is 491 g/mol. The van der Waals surface area contributed by atoms with Crippen molar-refractivity contribution in [3.63, 3.8) is 0 Å². The number of pyridine rings is 1. The Morgan fingerprint density at radius 3 is 2.76 bits per heavy atom. The molecule has 5 rings (SSSR count). The van der Waals surface area contributed by atoms with Gasteiger partial charge in [0, 0.05) is 24.7 Å². The van der Waals surface area contributed by atoms with E-state index in [1.165, 1.54) is 12.4 Å². The van der Waals surface area contributed by atoms with Gasteiger partial charge in [-0.3, -0.25) is 4.21 Å². The molecule has 1 aliphatic carbocycles. The van der Waals surface area contributed by atoms with E-state index in [9.17, 15) is 14.6 Å². The Kier molecular flexibility index (Phi) is 5.97. The predicted octanol–water partition coefficient (Wildman–Crippen LogP) is 2.72. The van der Waals surface area contributed by atoms with E-state index in [1.54, 1.807) is 4.90 Å². The molecule has 2 fully saturated rings. The van der Waals surface area contributed by atoms with Crippen LogP contribution in [0.2, 0.25) is 5.02 Å². The Morgan fingerprint density at radius 1 is 1.39 bits per heavy atom. The smallest absolute Gasteiger partial charge is 0.149 e. The van der Waals surface area contributed by atoms with Crippen molar-refractivity contribution in [3.05, 3.63) is 34.4 Å². The van der Waals surface area contributed by atoms with E-state index in [2.05, 4.69) is 21.4 Å². The van der Waals surface area contributed by atoms with Crippen LogP contribution in [0.15, 0.2) is 17.3 Å². The molecule has 2 N–H and O–H groups in total. The first-order chi connectivity index (χ1) is 15.9. The molecule has 0 spiro atoms. The molecule has 1 saturated carbocycles. The summed E-state index contributed by atoms with van der Waals surface area (Å²) in [5.74, 6) is 1.24. The van der Waals surface area contributed by atoms with Crippen molar-refractivity contribution in [2.45, 2.75) is 54.6 Å². The molecule has 0 amide bonds. The molecule has 3 atom stereocenters. The number of piperidine rings is 1. The summed E-state index contributed by atoms with van der Waals surface area (Å²) in [7, 11) is -1.27. The second-order valence-corrected chi connectivity index (χ2v) is 10.9. The normalized spacial score (nSPS) is 25.8. The molecule has 2 aliphatic heterocycles. The van der Waals surface area contributed by atoms with E-state index < -0.39 is 28.4 Å². The summed E-state index contributed by atoms with van der Waals surface area (Å²) in [6.45, 7) is 0.473. The third kappa shape index (κ3) is 3.96. The number of nitrogens with zero attached hydrogens (tertiary/aromatic N) is 5. The van der Waals surface area contributed by atoms with Crippen LogP contribution in [0, 0.1) is 11.3 Å². The van der Waals surface area contributed by atoms with Crippen LogP contribution in [-0.2, 0) is 17.2 Å². The molecule has 0 radical (unpaired) electrons. The molecule has 3 aliphatic rings. The van der Waals surface area contributed by atoms with Gasteiger partial charge >= 0.3 is 0 Å². The second kappa shape index (κ2) is 8.78. The molecule has 33 heavy (non-hydrogen) atoms. The zero-order valence-electron chi connectivity index (χ0n) is 17.9. The van der Waals surface area contributed by atoms with Gasteiger partial charge in [-0.1, -0.05) is 11.6 Å². The van der Waals surface area contributed by atoms with Crippen LogP contribution in [0.1, 0.15) is 48.6 Å². The van der Waals surface area contributed by atoms with Crippen molar-refractivity contribution >= 4 is 34.0 Å². The first kappa shape index (κ1) is 22.4. The van der Waals surface area contributed by atoms with Crippen molar-refractivity contribution in [2.75, 3.05) is 35.7 Å². The number of anilines is 2. The molecule has 8 nitrogen and oxygen atoms in total. The standard InChI is InChI=1S/C22H24ClFN6O2S/c23-13-9-26-19(27-10-13)15-2-6-30(11-17(15)24)21-16(8-25)14-3-7-33(32)18(14)20(28-21)29-22(12-31)4-1-5-22/h9-10,15,17,31H,1-7,11-12H2,(H,28,29). The van der Waals surface area contributed by atoms with E-state index in [0.717, 1.165) is 19.3 Å². The Morgan fingerprint density at radius 2 is 2.15 bits per heavy atom. The summed E-state index contributed by atoms with van der Waals surface area (Å²) < 4.78 is 28.0. The van der Waals surface area contributed by atoms with E-state index in [-0.39, 0.29) is 13.2 Å². The van der Waals surface area contributed by atoms with Gasteiger partial charge in [-0.25, -0.2) is 19.3 Å².